The Kier molecular flexibility index (Phi) is 3.33. The molecular weight excluding hydrogens is 324 g/mol. The minimum Gasteiger partial charge on any atom is -0.323 e. The first-order chi connectivity index (χ1) is 9.16. The topological polar surface area (TPSA) is 23.6 Å². The fourth-order valence-electron chi connectivity index (χ4n) is 2.27. The molecule has 0 saturated carbocycles. The number of fused-ring (bicyclic) bond motifs is 1. The van der Waals surface area contributed by atoms with E-state index in [2.05, 4.69) is 22.0 Å². The predicted molar refractivity (Wildman–Crippen MR) is 81.5 cm³/mol. The number of hydrogen-bond acceptors (Lipinski definition) is 2. The number of carbonyl (C=O) groups excluding carboxylic acids is 1. The molecule has 3 nitrogen and oxygen atoms in total. The van der Waals surface area contributed by atoms with Crippen molar-refractivity contribution < 1.29 is 4.79 Å². The number of anilines is 1. The van der Waals surface area contributed by atoms with Gasteiger partial charge in [0.25, 0.3) is 0 Å². The zero-order valence-corrected chi connectivity index (χ0v) is 12.9. The maximum absolute atomic E-state index is 12.4. The van der Waals surface area contributed by atoms with Gasteiger partial charge in [-0.05, 0) is 39.0 Å². The summed E-state index contributed by atoms with van der Waals surface area (Å²) in [6, 6.07) is 10.2. The number of benzene rings is 1. The molecule has 0 aliphatic carbocycles. The number of hydrogen-bond donors (Lipinski definition) is 0. The van der Waals surface area contributed by atoms with Crippen LogP contribution in [0.4, 0.5) is 10.5 Å². The average molecular weight is 337 g/mol. The fourth-order valence-corrected chi connectivity index (χ4v) is 3.74. The lowest BCUT2D eigenvalue weighted by molar-refractivity contribution is 0.210. The van der Waals surface area contributed by atoms with E-state index in [1.165, 1.54) is 10.4 Å². The zero-order valence-electron chi connectivity index (χ0n) is 10.5. The van der Waals surface area contributed by atoms with Crippen molar-refractivity contribution >= 4 is 39.0 Å². The number of amides is 2. The van der Waals surface area contributed by atoms with Crippen molar-refractivity contribution in [2.75, 3.05) is 11.9 Å². The molecule has 0 fully saturated rings. The van der Waals surface area contributed by atoms with Gasteiger partial charge in [-0.2, -0.15) is 0 Å². The van der Waals surface area contributed by atoms with Crippen LogP contribution in [0.1, 0.15) is 10.4 Å². The van der Waals surface area contributed by atoms with E-state index in [-0.39, 0.29) is 6.03 Å². The lowest BCUT2D eigenvalue weighted by atomic mass is 10.1. The summed E-state index contributed by atoms with van der Waals surface area (Å²) in [4.78, 5) is 17.1. The summed E-state index contributed by atoms with van der Waals surface area (Å²) in [5.41, 5.74) is 2.21. The second kappa shape index (κ2) is 4.98. The zero-order chi connectivity index (χ0) is 13.4. The van der Waals surface area contributed by atoms with Crippen molar-refractivity contribution in [3.05, 3.63) is 50.6 Å². The molecule has 2 heterocycles. The molecule has 19 heavy (non-hydrogen) atoms. The minimum absolute atomic E-state index is 0.0546. The Morgan fingerprint density at radius 1 is 1.32 bits per heavy atom. The second-order valence-corrected chi connectivity index (χ2v) is 6.40. The summed E-state index contributed by atoms with van der Waals surface area (Å²) in [5, 5.41) is 2.03. The summed E-state index contributed by atoms with van der Waals surface area (Å²) >= 11 is 5.19. The Bertz CT molecular complexity index is 625. The molecule has 0 saturated heterocycles. The lowest BCUT2D eigenvalue weighted by Gasteiger charge is -2.35. The standard InChI is InChI=1S/C14H13BrN2OS/c1-16-8-10-4-2-3-5-12(10)17(14(16)18)9-13-11(15)6-7-19-13/h2-7H,8-9H2,1H3. The van der Waals surface area contributed by atoms with Crippen LogP contribution in [0, 0.1) is 0 Å². The van der Waals surface area contributed by atoms with Crippen LogP contribution in [0.15, 0.2) is 40.2 Å². The molecule has 5 heteroatoms. The molecule has 0 bridgehead atoms. The van der Waals surface area contributed by atoms with E-state index in [4.69, 9.17) is 0 Å². The molecule has 0 radical (unpaired) electrons. The van der Waals surface area contributed by atoms with Gasteiger partial charge in [0.15, 0.2) is 0 Å². The van der Waals surface area contributed by atoms with Crippen molar-refractivity contribution in [1.29, 1.82) is 0 Å². The summed E-state index contributed by atoms with van der Waals surface area (Å²) in [5.74, 6) is 0. The molecule has 1 aromatic heterocycles. The highest BCUT2D eigenvalue weighted by Gasteiger charge is 2.28. The number of halogens is 1. The first-order valence-electron chi connectivity index (χ1n) is 5.99. The van der Waals surface area contributed by atoms with Crippen LogP contribution in [0.2, 0.25) is 0 Å². The van der Waals surface area contributed by atoms with E-state index in [0.29, 0.717) is 13.1 Å². The van der Waals surface area contributed by atoms with Gasteiger partial charge < -0.3 is 4.90 Å². The number of rotatable bonds is 2. The molecular formula is C14H13BrN2OS. The molecule has 0 unspecified atom stereocenters. The number of para-hydroxylation sites is 1. The van der Waals surface area contributed by atoms with E-state index in [0.717, 1.165) is 10.2 Å². The highest BCUT2D eigenvalue weighted by molar-refractivity contribution is 9.10. The van der Waals surface area contributed by atoms with Crippen LogP contribution in [0.5, 0.6) is 0 Å². The molecule has 2 amide bonds. The van der Waals surface area contributed by atoms with Gasteiger partial charge >= 0.3 is 6.03 Å². The maximum Gasteiger partial charge on any atom is 0.324 e. The Balaban J connectivity index is 1.99. The van der Waals surface area contributed by atoms with Crippen molar-refractivity contribution in [3.63, 3.8) is 0 Å². The fraction of sp³-hybridized carbons (Fsp3) is 0.214. The van der Waals surface area contributed by atoms with E-state index in [9.17, 15) is 4.79 Å². The van der Waals surface area contributed by atoms with E-state index >= 15 is 0 Å². The summed E-state index contributed by atoms with van der Waals surface area (Å²) in [6.45, 7) is 1.29. The van der Waals surface area contributed by atoms with Gasteiger partial charge in [-0.3, -0.25) is 4.90 Å². The van der Waals surface area contributed by atoms with E-state index in [1.54, 1.807) is 16.2 Å². The monoisotopic (exact) mass is 336 g/mol. The molecule has 1 aliphatic rings. The molecule has 0 N–H and O–H groups in total. The van der Waals surface area contributed by atoms with Gasteiger partial charge in [0.2, 0.25) is 0 Å². The highest BCUT2D eigenvalue weighted by Crippen LogP contribution is 2.32. The van der Waals surface area contributed by atoms with Gasteiger partial charge in [-0.25, -0.2) is 4.79 Å². The largest absolute Gasteiger partial charge is 0.324 e. The molecule has 0 atom stereocenters. The molecule has 1 aromatic carbocycles. The Hall–Kier alpha value is -1.33. The number of thiophene rings is 1. The van der Waals surface area contributed by atoms with Crippen LogP contribution >= 0.6 is 27.3 Å². The van der Waals surface area contributed by atoms with Gasteiger partial charge in [0.1, 0.15) is 0 Å². The Morgan fingerprint density at radius 2 is 2.11 bits per heavy atom. The SMILES string of the molecule is CN1Cc2ccccc2N(Cc2sccc2Br)C1=O. The third kappa shape index (κ3) is 2.28. The lowest BCUT2D eigenvalue weighted by Crippen LogP contribution is -2.44. The summed E-state index contributed by atoms with van der Waals surface area (Å²) in [6.07, 6.45) is 0. The number of carbonyl (C=O) groups is 1. The highest BCUT2D eigenvalue weighted by atomic mass is 79.9. The number of nitrogens with zero attached hydrogens (tertiary/aromatic N) is 2. The van der Waals surface area contributed by atoms with Crippen LogP contribution in [0.3, 0.4) is 0 Å². The van der Waals surface area contributed by atoms with Gasteiger partial charge in [-0.1, -0.05) is 18.2 Å². The van der Waals surface area contributed by atoms with Crippen LogP contribution in [0.25, 0.3) is 0 Å². The minimum atomic E-state index is 0.0546. The normalized spacial score (nSPS) is 14.7. The van der Waals surface area contributed by atoms with Crippen LogP contribution < -0.4 is 4.90 Å². The van der Waals surface area contributed by atoms with Crippen molar-refractivity contribution in [3.8, 4) is 0 Å². The van der Waals surface area contributed by atoms with E-state index in [1.807, 2.05) is 41.6 Å². The van der Waals surface area contributed by atoms with Crippen molar-refractivity contribution in [1.82, 2.24) is 4.90 Å². The van der Waals surface area contributed by atoms with Gasteiger partial charge in [-0.15, -0.1) is 11.3 Å². The first kappa shape index (κ1) is 12.7. The van der Waals surface area contributed by atoms with Gasteiger partial charge in [0.05, 0.1) is 12.2 Å². The van der Waals surface area contributed by atoms with E-state index < -0.39 is 0 Å². The molecule has 2 aromatic rings. The van der Waals surface area contributed by atoms with Gasteiger partial charge in [0, 0.05) is 22.9 Å². The third-order valence-corrected chi connectivity index (χ3v) is 5.15. The number of urea groups is 1. The van der Waals surface area contributed by atoms with Crippen molar-refractivity contribution in [2.24, 2.45) is 0 Å². The summed E-state index contributed by atoms with van der Waals surface area (Å²) in [7, 11) is 1.84. The maximum atomic E-state index is 12.4. The molecule has 0 spiro atoms. The second-order valence-electron chi connectivity index (χ2n) is 4.55. The first-order valence-corrected chi connectivity index (χ1v) is 7.66. The third-order valence-electron chi connectivity index (χ3n) is 3.24. The molecule has 3 rings (SSSR count). The van der Waals surface area contributed by atoms with Crippen molar-refractivity contribution in [2.45, 2.75) is 13.1 Å². The molecule has 98 valence electrons. The summed E-state index contributed by atoms with van der Waals surface area (Å²) < 4.78 is 1.07. The average Bonchev–Trinajstić information content (AvgIpc) is 2.80. The van der Waals surface area contributed by atoms with Crippen LogP contribution in [-0.4, -0.2) is 18.0 Å². The predicted octanol–water partition coefficient (Wildman–Crippen LogP) is 4.08. The quantitative estimate of drug-likeness (QED) is 0.810. The smallest absolute Gasteiger partial charge is 0.323 e. The Labute approximate surface area is 124 Å². The molecule has 1 aliphatic heterocycles. The van der Waals surface area contributed by atoms with Crippen LogP contribution in [-0.2, 0) is 13.1 Å². The Morgan fingerprint density at radius 3 is 2.84 bits per heavy atom.